The standard InChI is InChI=1S/C26H37N5O3/c1-26(2,3)23(25(34)27-17-14-15-17)28-24(33)22-19-12-8-9-13-20(19)31(29-22)16-21(32)30(4)18-10-6-5-7-11-18/h8-9,12-13,17-18,23H,5-7,10-11,14-16H2,1-4H3,(H,27,34)(H,28,33)/t23-/m1/s1. The number of likely N-dealkylation sites (N-methyl/N-ethyl adjacent to an activating group) is 1. The highest BCUT2D eigenvalue weighted by Gasteiger charge is 2.36. The highest BCUT2D eigenvalue weighted by atomic mass is 16.2. The lowest BCUT2D eigenvalue weighted by molar-refractivity contribution is -0.133. The molecule has 184 valence electrons. The van der Waals surface area contributed by atoms with Crippen molar-refractivity contribution in [1.82, 2.24) is 25.3 Å². The van der Waals surface area contributed by atoms with Crippen molar-refractivity contribution < 1.29 is 14.4 Å². The maximum absolute atomic E-state index is 13.3. The first-order valence-electron chi connectivity index (χ1n) is 12.5. The molecule has 2 fully saturated rings. The summed E-state index contributed by atoms with van der Waals surface area (Å²) in [5.41, 5.74) is 0.496. The Labute approximate surface area is 201 Å². The minimum atomic E-state index is -0.691. The van der Waals surface area contributed by atoms with Crippen molar-refractivity contribution >= 4 is 28.6 Å². The third-order valence-corrected chi connectivity index (χ3v) is 7.00. The zero-order chi connectivity index (χ0) is 24.5. The molecule has 0 spiro atoms. The second-order valence-electron chi connectivity index (χ2n) is 10.9. The van der Waals surface area contributed by atoms with Crippen LogP contribution in [0.25, 0.3) is 10.9 Å². The molecule has 2 aliphatic carbocycles. The fourth-order valence-electron chi connectivity index (χ4n) is 4.71. The van der Waals surface area contributed by atoms with E-state index >= 15 is 0 Å². The summed E-state index contributed by atoms with van der Waals surface area (Å²) in [6.07, 6.45) is 7.57. The number of benzene rings is 1. The summed E-state index contributed by atoms with van der Waals surface area (Å²) >= 11 is 0. The molecule has 2 saturated carbocycles. The van der Waals surface area contributed by atoms with Gasteiger partial charge in [0.1, 0.15) is 12.6 Å². The molecule has 34 heavy (non-hydrogen) atoms. The summed E-state index contributed by atoms with van der Waals surface area (Å²) in [4.78, 5) is 41.1. The lowest BCUT2D eigenvalue weighted by Gasteiger charge is -2.31. The summed E-state index contributed by atoms with van der Waals surface area (Å²) < 4.78 is 1.61. The predicted octanol–water partition coefficient (Wildman–Crippen LogP) is 3.25. The molecule has 2 aromatic rings. The van der Waals surface area contributed by atoms with E-state index in [0.29, 0.717) is 5.39 Å². The highest BCUT2D eigenvalue weighted by Crippen LogP contribution is 2.25. The summed E-state index contributed by atoms with van der Waals surface area (Å²) in [5, 5.41) is 11.1. The lowest BCUT2D eigenvalue weighted by atomic mass is 9.86. The van der Waals surface area contributed by atoms with E-state index in [9.17, 15) is 14.4 Å². The van der Waals surface area contributed by atoms with E-state index in [1.54, 1.807) is 4.68 Å². The van der Waals surface area contributed by atoms with Crippen LogP contribution in [-0.2, 0) is 16.1 Å². The maximum Gasteiger partial charge on any atom is 0.273 e. The number of aromatic nitrogens is 2. The van der Waals surface area contributed by atoms with Crippen LogP contribution in [0, 0.1) is 5.41 Å². The average molecular weight is 468 g/mol. The molecule has 0 unspecified atom stereocenters. The Morgan fingerprint density at radius 1 is 1.09 bits per heavy atom. The number of hydrogen-bond donors (Lipinski definition) is 2. The summed E-state index contributed by atoms with van der Waals surface area (Å²) in [7, 11) is 1.87. The molecule has 2 N–H and O–H groups in total. The maximum atomic E-state index is 13.3. The Morgan fingerprint density at radius 2 is 1.76 bits per heavy atom. The molecule has 0 radical (unpaired) electrons. The predicted molar refractivity (Wildman–Crippen MR) is 131 cm³/mol. The second-order valence-corrected chi connectivity index (χ2v) is 10.9. The van der Waals surface area contributed by atoms with Crippen LogP contribution in [0.1, 0.15) is 76.2 Å². The minimum absolute atomic E-state index is 0.0107. The third kappa shape index (κ3) is 5.42. The van der Waals surface area contributed by atoms with Gasteiger partial charge >= 0.3 is 0 Å². The zero-order valence-electron chi connectivity index (χ0n) is 20.8. The summed E-state index contributed by atoms with van der Waals surface area (Å²) in [6.45, 7) is 5.87. The minimum Gasteiger partial charge on any atom is -0.352 e. The van der Waals surface area contributed by atoms with Gasteiger partial charge in [-0.15, -0.1) is 0 Å². The molecule has 1 heterocycles. The molecular formula is C26H37N5O3. The van der Waals surface area contributed by atoms with E-state index < -0.39 is 17.4 Å². The number of para-hydroxylation sites is 1. The lowest BCUT2D eigenvalue weighted by Crippen LogP contribution is -2.54. The van der Waals surface area contributed by atoms with Crippen LogP contribution in [0.5, 0.6) is 0 Å². The summed E-state index contributed by atoms with van der Waals surface area (Å²) in [5.74, 6) is -0.589. The van der Waals surface area contributed by atoms with Crippen LogP contribution in [0.2, 0.25) is 0 Å². The number of rotatable bonds is 7. The molecule has 0 saturated heterocycles. The van der Waals surface area contributed by atoms with Crippen LogP contribution < -0.4 is 10.6 Å². The van der Waals surface area contributed by atoms with E-state index in [2.05, 4.69) is 15.7 Å². The Morgan fingerprint density at radius 3 is 2.41 bits per heavy atom. The largest absolute Gasteiger partial charge is 0.352 e. The molecule has 1 atom stereocenters. The number of carbonyl (C=O) groups is 3. The first-order chi connectivity index (χ1) is 16.1. The molecule has 1 aromatic heterocycles. The molecule has 8 nitrogen and oxygen atoms in total. The normalized spacial score (nSPS) is 17.9. The van der Waals surface area contributed by atoms with Crippen LogP contribution in [0.3, 0.4) is 0 Å². The Bertz CT molecular complexity index is 1060. The van der Waals surface area contributed by atoms with Gasteiger partial charge in [0.15, 0.2) is 5.69 Å². The number of carbonyl (C=O) groups excluding carboxylic acids is 3. The zero-order valence-corrected chi connectivity index (χ0v) is 20.8. The summed E-state index contributed by atoms with van der Waals surface area (Å²) in [6, 6.07) is 7.21. The van der Waals surface area contributed by atoms with Crippen molar-refractivity contribution in [1.29, 1.82) is 0 Å². The Hall–Kier alpha value is -2.90. The fourth-order valence-corrected chi connectivity index (χ4v) is 4.71. The Kier molecular flexibility index (Phi) is 6.96. The van der Waals surface area contributed by atoms with E-state index in [1.165, 1.54) is 6.42 Å². The van der Waals surface area contributed by atoms with E-state index in [1.807, 2.05) is 57.0 Å². The molecule has 0 aliphatic heterocycles. The number of nitrogens with zero attached hydrogens (tertiary/aromatic N) is 3. The van der Waals surface area contributed by atoms with Crippen molar-refractivity contribution in [2.75, 3.05) is 7.05 Å². The van der Waals surface area contributed by atoms with Crippen molar-refractivity contribution in [2.24, 2.45) is 5.41 Å². The quantitative estimate of drug-likeness (QED) is 0.653. The van der Waals surface area contributed by atoms with Gasteiger partial charge in [-0.2, -0.15) is 5.10 Å². The topological polar surface area (TPSA) is 96.3 Å². The molecule has 0 bridgehead atoms. The average Bonchev–Trinajstić information content (AvgIpc) is 3.55. The number of nitrogens with one attached hydrogen (secondary N) is 2. The smallest absolute Gasteiger partial charge is 0.273 e. The van der Waals surface area contributed by atoms with Gasteiger partial charge in [-0.25, -0.2) is 0 Å². The highest BCUT2D eigenvalue weighted by molar-refractivity contribution is 6.06. The van der Waals surface area contributed by atoms with Gasteiger partial charge in [-0.1, -0.05) is 58.2 Å². The van der Waals surface area contributed by atoms with E-state index in [0.717, 1.165) is 44.0 Å². The van der Waals surface area contributed by atoms with Crippen LogP contribution in [0.15, 0.2) is 24.3 Å². The van der Waals surface area contributed by atoms with Crippen LogP contribution >= 0.6 is 0 Å². The van der Waals surface area contributed by atoms with Crippen molar-refractivity contribution in [3.63, 3.8) is 0 Å². The monoisotopic (exact) mass is 467 g/mol. The molecular weight excluding hydrogens is 430 g/mol. The molecule has 4 rings (SSSR count). The van der Waals surface area contributed by atoms with Gasteiger partial charge in [-0.3, -0.25) is 19.1 Å². The van der Waals surface area contributed by atoms with Gasteiger partial charge in [-0.05, 0) is 37.2 Å². The van der Waals surface area contributed by atoms with Gasteiger partial charge < -0.3 is 15.5 Å². The molecule has 3 amide bonds. The second kappa shape index (κ2) is 9.76. The van der Waals surface area contributed by atoms with Gasteiger partial charge in [0, 0.05) is 24.5 Å². The van der Waals surface area contributed by atoms with Gasteiger partial charge in [0.2, 0.25) is 11.8 Å². The molecule has 2 aliphatic rings. The SMILES string of the molecule is CN(C(=O)Cn1nc(C(=O)N[C@H](C(=O)NC2CC2)C(C)(C)C)c2ccccc21)C1CCCCC1. The van der Waals surface area contributed by atoms with Crippen molar-refractivity contribution in [3.05, 3.63) is 30.0 Å². The van der Waals surface area contributed by atoms with Crippen molar-refractivity contribution in [2.45, 2.75) is 90.4 Å². The fraction of sp³-hybridized carbons (Fsp3) is 0.615. The van der Waals surface area contributed by atoms with E-state index in [4.69, 9.17) is 0 Å². The number of amides is 3. The van der Waals surface area contributed by atoms with Crippen LogP contribution in [-0.4, -0.2) is 57.6 Å². The van der Waals surface area contributed by atoms with Crippen molar-refractivity contribution in [3.8, 4) is 0 Å². The molecule has 8 heteroatoms. The number of fused-ring (bicyclic) bond motifs is 1. The van der Waals surface area contributed by atoms with E-state index in [-0.39, 0.29) is 36.1 Å². The number of hydrogen-bond acceptors (Lipinski definition) is 4. The molecule has 1 aromatic carbocycles. The van der Waals surface area contributed by atoms with Gasteiger partial charge in [0.05, 0.1) is 5.52 Å². The van der Waals surface area contributed by atoms with Gasteiger partial charge in [0.25, 0.3) is 5.91 Å². The first kappa shape index (κ1) is 24.2. The Balaban J connectivity index is 1.55. The first-order valence-corrected chi connectivity index (χ1v) is 12.5. The third-order valence-electron chi connectivity index (χ3n) is 7.00. The van der Waals surface area contributed by atoms with Crippen LogP contribution in [0.4, 0.5) is 0 Å².